The smallest absolute Gasteiger partial charge is 0.220 e. The fourth-order valence-corrected chi connectivity index (χ4v) is 2.83. The van der Waals surface area contributed by atoms with Gasteiger partial charge in [0.2, 0.25) is 5.91 Å². The molecule has 1 aromatic rings. The van der Waals surface area contributed by atoms with E-state index in [0.29, 0.717) is 13.0 Å². The molecule has 0 radical (unpaired) electrons. The highest BCUT2D eigenvalue weighted by Gasteiger charge is 2.33. The molecule has 20 heavy (non-hydrogen) atoms. The second kappa shape index (κ2) is 7.87. The van der Waals surface area contributed by atoms with Gasteiger partial charge in [-0.2, -0.15) is 0 Å². The quantitative estimate of drug-likeness (QED) is 0.877. The summed E-state index contributed by atoms with van der Waals surface area (Å²) < 4.78 is 0. The molecule has 3 N–H and O–H groups in total. The first-order chi connectivity index (χ1) is 9.13. The van der Waals surface area contributed by atoms with Crippen LogP contribution in [0.4, 0.5) is 0 Å². The molecule has 1 aliphatic carbocycles. The molecule has 0 heterocycles. The fourth-order valence-electron chi connectivity index (χ4n) is 2.70. The molecule has 1 amide bonds. The summed E-state index contributed by atoms with van der Waals surface area (Å²) >= 11 is 5.83. The second-order valence-corrected chi connectivity index (χ2v) is 5.80. The van der Waals surface area contributed by atoms with Crippen LogP contribution in [0.5, 0.6) is 0 Å². The van der Waals surface area contributed by atoms with E-state index in [1.807, 2.05) is 24.3 Å². The van der Waals surface area contributed by atoms with Crippen molar-refractivity contribution in [3.63, 3.8) is 0 Å². The van der Waals surface area contributed by atoms with Crippen molar-refractivity contribution in [2.45, 2.75) is 44.1 Å². The van der Waals surface area contributed by atoms with Crippen molar-refractivity contribution in [3.8, 4) is 0 Å². The topological polar surface area (TPSA) is 55.1 Å². The van der Waals surface area contributed by atoms with E-state index in [9.17, 15) is 4.79 Å². The van der Waals surface area contributed by atoms with Crippen molar-refractivity contribution >= 4 is 29.9 Å². The number of nitrogens with one attached hydrogen (secondary N) is 1. The first-order valence-electron chi connectivity index (χ1n) is 6.89. The first kappa shape index (κ1) is 17.3. The highest BCUT2D eigenvalue weighted by molar-refractivity contribution is 6.30. The lowest BCUT2D eigenvalue weighted by Gasteiger charge is -2.28. The summed E-state index contributed by atoms with van der Waals surface area (Å²) in [6.07, 6.45) is 5.59. The van der Waals surface area contributed by atoms with E-state index in [1.54, 1.807) is 0 Å². The van der Waals surface area contributed by atoms with E-state index in [4.69, 9.17) is 17.3 Å². The third kappa shape index (κ3) is 4.65. The molecule has 0 aromatic heterocycles. The Morgan fingerprint density at radius 2 is 1.85 bits per heavy atom. The van der Waals surface area contributed by atoms with Crippen LogP contribution in [0.25, 0.3) is 0 Å². The monoisotopic (exact) mass is 316 g/mol. The minimum Gasteiger partial charge on any atom is -0.349 e. The molecule has 1 aromatic carbocycles. The van der Waals surface area contributed by atoms with Crippen LogP contribution in [0.3, 0.4) is 0 Å². The van der Waals surface area contributed by atoms with Gasteiger partial charge in [0.15, 0.2) is 0 Å². The lowest BCUT2D eigenvalue weighted by Crippen LogP contribution is -2.51. The number of benzene rings is 1. The molecule has 112 valence electrons. The van der Waals surface area contributed by atoms with Gasteiger partial charge in [-0.15, -0.1) is 12.4 Å². The Morgan fingerprint density at radius 3 is 2.40 bits per heavy atom. The molecule has 1 fully saturated rings. The number of halogens is 2. The minimum absolute atomic E-state index is 0. The van der Waals surface area contributed by atoms with Gasteiger partial charge in [0.25, 0.3) is 0 Å². The molecule has 0 aliphatic heterocycles. The Labute approximate surface area is 131 Å². The summed E-state index contributed by atoms with van der Waals surface area (Å²) in [5.74, 6) is 0.0994. The van der Waals surface area contributed by atoms with Gasteiger partial charge in [0, 0.05) is 18.0 Å². The zero-order chi connectivity index (χ0) is 13.7. The molecule has 0 bridgehead atoms. The van der Waals surface area contributed by atoms with Crippen LogP contribution in [-0.2, 0) is 11.2 Å². The molecule has 1 saturated carbocycles. The normalized spacial score (nSPS) is 16.5. The minimum atomic E-state index is -0.142. The van der Waals surface area contributed by atoms with E-state index in [-0.39, 0.29) is 23.9 Å². The molecule has 3 nitrogen and oxygen atoms in total. The van der Waals surface area contributed by atoms with Crippen LogP contribution in [0.15, 0.2) is 24.3 Å². The van der Waals surface area contributed by atoms with E-state index in [0.717, 1.165) is 42.7 Å². The highest BCUT2D eigenvalue weighted by atomic mass is 35.5. The van der Waals surface area contributed by atoms with Gasteiger partial charge in [0.1, 0.15) is 0 Å². The number of aryl methyl sites for hydroxylation is 1. The molecule has 0 atom stereocenters. The summed E-state index contributed by atoms with van der Waals surface area (Å²) in [4.78, 5) is 12.0. The summed E-state index contributed by atoms with van der Waals surface area (Å²) in [7, 11) is 0. The van der Waals surface area contributed by atoms with Crippen molar-refractivity contribution in [1.29, 1.82) is 0 Å². The Morgan fingerprint density at radius 1 is 1.25 bits per heavy atom. The van der Waals surface area contributed by atoms with Crippen molar-refractivity contribution in [3.05, 3.63) is 34.9 Å². The Hall–Kier alpha value is -0.770. The lowest BCUT2D eigenvalue weighted by atomic mass is 9.97. The molecule has 0 saturated heterocycles. The molecular weight excluding hydrogens is 295 g/mol. The number of rotatable bonds is 5. The van der Waals surface area contributed by atoms with Gasteiger partial charge in [-0.05, 0) is 37.0 Å². The standard InChI is InChI=1S/C15H21ClN2O.ClH/c16-13-6-3-12(4-7-13)5-8-14(19)18-15(11-17)9-1-2-10-15;/h3-4,6-7H,1-2,5,8-11,17H2,(H,18,19);1H. The van der Waals surface area contributed by atoms with Crippen molar-refractivity contribution < 1.29 is 4.79 Å². The molecule has 1 aliphatic rings. The van der Waals surface area contributed by atoms with Crippen LogP contribution in [-0.4, -0.2) is 18.0 Å². The van der Waals surface area contributed by atoms with Crippen molar-refractivity contribution in [1.82, 2.24) is 5.32 Å². The average Bonchev–Trinajstić information content (AvgIpc) is 2.87. The molecule has 0 unspecified atom stereocenters. The molecular formula is C15H22Cl2N2O. The number of carbonyl (C=O) groups excluding carboxylic acids is 1. The maximum absolute atomic E-state index is 12.0. The number of amides is 1. The SMILES string of the molecule is Cl.NCC1(NC(=O)CCc2ccc(Cl)cc2)CCCC1. The van der Waals surface area contributed by atoms with Crippen LogP contribution in [0.2, 0.25) is 5.02 Å². The summed E-state index contributed by atoms with van der Waals surface area (Å²) in [5.41, 5.74) is 6.80. The van der Waals surface area contributed by atoms with E-state index in [1.165, 1.54) is 0 Å². The average molecular weight is 317 g/mol. The van der Waals surface area contributed by atoms with Crippen LogP contribution >= 0.6 is 24.0 Å². The van der Waals surface area contributed by atoms with Gasteiger partial charge in [-0.3, -0.25) is 4.79 Å². The number of carbonyl (C=O) groups is 1. The summed E-state index contributed by atoms with van der Waals surface area (Å²) in [5, 5.41) is 3.86. The lowest BCUT2D eigenvalue weighted by molar-refractivity contribution is -0.122. The molecule has 5 heteroatoms. The zero-order valence-electron chi connectivity index (χ0n) is 11.5. The van der Waals surface area contributed by atoms with E-state index >= 15 is 0 Å². The Kier molecular flexibility index (Phi) is 6.80. The van der Waals surface area contributed by atoms with Gasteiger partial charge in [0.05, 0.1) is 5.54 Å². The van der Waals surface area contributed by atoms with Crippen LogP contribution in [0.1, 0.15) is 37.7 Å². The highest BCUT2D eigenvalue weighted by Crippen LogP contribution is 2.28. The van der Waals surface area contributed by atoms with Crippen LogP contribution < -0.4 is 11.1 Å². The number of hydrogen-bond acceptors (Lipinski definition) is 2. The van der Waals surface area contributed by atoms with Crippen LogP contribution in [0, 0.1) is 0 Å². The van der Waals surface area contributed by atoms with Gasteiger partial charge >= 0.3 is 0 Å². The number of hydrogen-bond donors (Lipinski definition) is 2. The van der Waals surface area contributed by atoms with Gasteiger partial charge in [-0.25, -0.2) is 0 Å². The van der Waals surface area contributed by atoms with Gasteiger partial charge in [-0.1, -0.05) is 36.6 Å². The molecule has 2 rings (SSSR count). The van der Waals surface area contributed by atoms with E-state index < -0.39 is 0 Å². The van der Waals surface area contributed by atoms with Crippen molar-refractivity contribution in [2.75, 3.05) is 6.54 Å². The number of nitrogens with two attached hydrogens (primary N) is 1. The maximum atomic E-state index is 12.0. The largest absolute Gasteiger partial charge is 0.349 e. The maximum Gasteiger partial charge on any atom is 0.220 e. The Balaban J connectivity index is 0.00000200. The third-order valence-electron chi connectivity index (χ3n) is 3.91. The molecule has 0 spiro atoms. The zero-order valence-corrected chi connectivity index (χ0v) is 13.1. The predicted molar refractivity (Wildman–Crippen MR) is 85.4 cm³/mol. The summed E-state index contributed by atoms with van der Waals surface area (Å²) in [6, 6.07) is 7.63. The third-order valence-corrected chi connectivity index (χ3v) is 4.16. The van der Waals surface area contributed by atoms with Gasteiger partial charge < -0.3 is 11.1 Å². The Bertz CT molecular complexity index is 428. The van der Waals surface area contributed by atoms with Crippen molar-refractivity contribution in [2.24, 2.45) is 5.73 Å². The first-order valence-corrected chi connectivity index (χ1v) is 7.27. The predicted octanol–water partition coefficient (Wildman–Crippen LogP) is 3.08. The summed E-state index contributed by atoms with van der Waals surface area (Å²) in [6.45, 7) is 0.541. The fraction of sp³-hybridized carbons (Fsp3) is 0.533. The van der Waals surface area contributed by atoms with E-state index in [2.05, 4.69) is 5.32 Å². The second-order valence-electron chi connectivity index (χ2n) is 5.37.